The molecule has 3 nitrogen and oxygen atoms in total. The van der Waals surface area contributed by atoms with Crippen LogP contribution in [0.25, 0.3) is 0 Å². The van der Waals surface area contributed by atoms with Crippen molar-refractivity contribution in [3.63, 3.8) is 0 Å². The van der Waals surface area contributed by atoms with E-state index in [1.54, 1.807) is 24.4 Å². The zero-order chi connectivity index (χ0) is 17.8. The van der Waals surface area contributed by atoms with Crippen molar-refractivity contribution >= 4 is 45.0 Å². The molecule has 1 amide bonds. The third-order valence-corrected chi connectivity index (χ3v) is 4.84. The summed E-state index contributed by atoms with van der Waals surface area (Å²) in [6.07, 6.45) is 1.70. The summed E-state index contributed by atoms with van der Waals surface area (Å²) >= 11 is 15.3. The molecule has 0 bridgehead atoms. The smallest absolute Gasteiger partial charge is 0.252 e. The van der Waals surface area contributed by atoms with Crippen molar-refractivity contribution in [1.82, 2.24) is 10.3 Å². The number of nitrogens with one attached hydrogen (secondary N) is 1. The van der Waals surface area contributed by atoms with Crippen molar-refractivity contribution < 1.29 is 4.79 Å². The summed E-state index contributed by atoms with van der Waals surface area (Å²) in [7, 11) is 0. The monoisotopic (exact) mass is 434 g/mol. The van der Waals surface area contributed by atoms with Gasteiger partial charge in [-0.1, -0.05) is 53.5 Å². The van der Waals surface area contributed by atoms with Gasteiger partial charge in [0.05, 0.1) is 21.8 Å². The van der Waals surface area contributed by atoms with Gasteiger partial charge >= 0.3 is 0 Å². The van der Waals surface area contributed by atoms with Gasteiger partial charge in [0.1, 0.15) is 0 Å². The largest absolute Gasteiger partial charge is 0.340 e. The topological polar surface area (TPSA) is 42.0 Å². The van der Waals surface area contributed by atoms with Gasteiger partial charge in [0, 0.05) is 16.2 Å². The van der Waals surface area contributed by atoms with E-state index in [1.165, 1.54) is 0 Å². The van der Waals surface area contributed by atoms with E-state index in [9.17, 15) is 4.79 Å². The van der Waals surface area contributed by atoms with Crippen molar-refractivity contribution in [1.29, 1.82) is 0 Å². The lowest BCUT2D eigenvalue weighted by Gasteiger charge is -2.19. The number of amides is 1. The Balaban J connectivity index is 1.93. The van der Waals surface area contributed by atoms with Gasteiger partial charge in [-0.3, -0.25) is 9.78 Å². The average molecular weight is 436 g/mol. The molecule has 3 rings (SSSR count). The van der Waals surface area contributed by atoms with Gasteiger partial charge < -0.3 is 5.32 Å². The zero-order valence-electron chi connectivity index (χ0n) is 12.9. The highest BCUT2D eigenvalue weighted by molar-refractivity contribution is 9.10. The van der Waals surface area contributed by atoms with Crippen LogP contribution in [0.4, 0.5) is 0 Å². The van der Waals surface area contributed by atoms with Gasteiger partial charge in [0.15, 0.2) is 0 Å². The Kier molecular flexibility index (Phi) is 5.74. The standard InChI is InChI=1S/C19H13BrCl2N2O/c20-14-7-9-17(23-11-14)18(12-4-2-1-3-5-12)24-19(25)13-6-8-15(21)16(22)10-13/h1-11,18H,(H,24,25)/t18-/m1/s1. The Morgan fingerprint density at radius 1 is 1.00 bits per heavy atom. The number of carbonyl (C=O) groups excluding carboxylic acids is 1. The number of carbonyl (C=O) groups is 1. The van der Waals surface area contributed by atoms with Crippen molar-refractivity contribution in [2.24, 2.45) is 0 Å². The van der Waals surface area contributed by atoms with Crippen LogP contribution in [0.1, 0.15) is 27.7 Å². The molecule has 0 unspecified atom stereocenters. The predicted molar refractivity (Wildman–Crippen MR) is 104 cm³/mol. The van der Waals surface area contributed by atoms with Crippen LogP contribution in [0.3, 0.4) is 0 Å². The Morgan fingerprint density at radius 2 is 1.76 bits per heavy atom. The molecule has 0 spiro atoms. The van der Waals surface area contributed by atoms with Gasteiger partial charge in [-0.25, -0.2) is 0 Å². The highest BCUT2D eigenvalue weighted by Gasteiger charge is 2.19. The predicted octanol–water partition coefficient (Wildman–Crippen LogP) is 5.67. The molecule has 1 atom stereocenters. The van der Waals surface area contributed by atoms with Crippen LogP contribution in [0.2, 0.25) is 10.0 Å². The van der Waals surface area contributed by atoms with Gasteiger partial charge in [0.25, 0.3) is 5.91 Å². The fourth-order valence-corrected chi connectivity index (χ4v) is 2.92. The van der Waals surface area contributed by atoms with Crippen molar-refractivity contribution in [3.8, 4) is 0 Å². The SMILES string of the molecule is O=C(N[C@H](c1ccccc1)c1ccc(Br)cn1)c1ccc(Cl)c(Cl)c1. The number of nitrogens with zero attached hydrogens (tertiary/aromatic N) is 1. The quantitative estimate of drug-likeness (QED) is 0.573. The van der Waals surface area contributed by atoms with E-state index in [-0.39, 0.29) is 11.9 Å². The van der Waals surface area contributed by atoms with Gasteiger partial charge in [-0.05, 0) is 51.8 Å². The van der Waals surface area contributed by atoms with Crippen LogP contribution in [0, 0.1) is 0 Å². The van der Waals surface area contributed by atoms with E-state index >= 15 is 0 Å². The number of benzene rings is 2. The molecule has 6 heteroatoms. The maximum absolute atomic E-state index is 12.7. The van der Waals surface area contributed by atoms with Crippen LogP contribution in [0.15, 0.2) is 71.3 Å². The Morgan fingerprint density at radius 3 is 2.40 bits per heavy atom. The lowest BCUT2D eigenvalue weighted by molar-refractivity contribution is 0.0942. The van der Waals surface area contributed by atoms with Crippen molar-refractivity contribution in [2.45, 2.75) is 6.04 Å². The minimum atomic E-state index is -0.378. The fraction of sp³-hybridized carbons (Fsp3) is 0.0526. The number of aromatic nitrogens is 1. The number of rotatable bonds is 4. The van der Waals surface area contributed by atoms with Gasteiger partial charge in [-0.15, -0.1) is 0 Å². The van der Waals surface area contributed by atoms with E-state index < -0.39 is 0 Å². The minimum absolute atomic E-state index is 0.253. The first-order chi connectivity index (χ1) is 12.0. The molecule has 0 saturated carbocycles. The third-order valence-electron chi connectivity index (χ3n) is 3.64. The summed E-state index contributed by atoms with van der Waals surface area (Å²) in [5.74, 6) is -0.253. The second-order valence-corrected chi connectivity index (χ2v) is 7.08. The lowest BCUT2D eigenvalue weighted by Crippen LogP contribution is -2.29. The Labute approximate surface area is 164 Å². The van der Waals surface area contributed by atoms with Crippen molar-refractivity contribution in [3.05, 3.63) is 98.2 Å². The van der Waals surface area contributed by atoms with Crippen LogP contribution in [0.5, 0.6) is 0 Å². The summed E-state index contributed by atoms with van der Waals surface area (Å²) in [6.45, 7) is 0. The summed E-state index contributed by atoms with van der Waals surface area (Å²) < 4.78 is 0.874. The maximum Gasteiger partial charge on any atom is 0.252 e. The molecule has 1 heterocycles. The number of halogens is 3. The summed E-state index contributed by atoms with van der Waals surface area (Å²) in [5, 5.41) is 3.76. The van der Waals surface area contributed by atoms with E-state index in [4.69, 9.17) is 23.2 Å². The summed E-state index contributed by atoms with van der Waals surface area (Å²) in [6, 6.07) is 17.9. The number of pyridine rings is 1. The van der Waals surface area contributed by atoms with E-state index in [2.05, 4.69) is 26.2 Å². The molecule has 25 heavy (non-hydrogen) atoms. The van der Waals surface area contributed by atoms with Crippen LogP contribution >= 0.6 is 39.1 Å². The van der Waals surface area contributed by atoms with E-state index in [1.807, 2.05) is 42.5 Å². The minimum Gasteiger partial charge on any atom is -0.340 e. The summed E-state index contributed by atoms with van der Waals surface area (Å²) in [4.78, 5) is 17.1. The second kappa shape index (κ2) is 8.00. The molecule has 0 saturated heterocycles. The molecule has 0 aliphatic rings. The van der Waals surface area contributed by atoms with E-state index in [0.29, 0.717) is 15.6 Å². The molecule has 1 N–H and O–H groups in total. The molecule has 126 valence electrons. The summed E-state index contributed by atoms with van der Waals surface area (Å²) in [5.41, 5.74) is 2.11. The highest BCUT2D eigenvalue weighted by atomic mass is 79.9. The fourth-order valence-electron chi connectivity index (χ4n) is 2.38. The number of hydrogen-bond donors (Lipinski definition) is 1. The Hall–Kier alpha value is -1.88. The molecule has 0 aliphatic heterocycles. The molecule has 0 fully saturated rings. The first-order valence-electron chi connectivity index (χ1n) is 7.47. The average Bonchev–Trinajstić information content (AvgIpc) is 2.63. The Bertz CT molecular complexity index is 886. The normalized spacial score (nSPS) is 11.8. The second-order valence-electron chi connectivity index (χ2n) is 5.35. The highest BCUT2D eigenvalue weighted by Crippen LogP contribution is 2.25. The first kappa shape index (κ1) is 17.9. The molecule has 0 radical (unpaired) electrons. The maximum atomic E-state index is 12.7. The van der Waals surface area contributed by atoms with Gasteiger partial charge in [0.2, 0.25) is 0 Å². The molecule has 2 aromatic carbocycles. The van der Waals surface area contributed by atoms with Gasteiger partial charge in [-0.2, -0.15) is 0 Å². The lowest BCUT2D eigenvalue weighted by atomic mass is 10.0. The number of hydrogen-bond acceptors (Lipinski definition) is 2. The molecule has 0 aliphatic carbocycles. The third kappa shape index (κ3) is 4.40. The molecular formula is C19H13BrCl2N2O. The molecule has 3 aromatic rings. The van der Waals surface area contributed by atoms with Crippen LogP contribution < -0.4 is 5.32 Å². The molecular weight excluding hydrogens is 423 g/mol. The molecule has 1 aromatic heterocycles. The van der Waals surface area contributed by atoms with E-state index in [0.717, 1.165) is 15.7 Å². The zero-order valence-corrected chi connectivity index (χ0v) is 16.0. The van der Waals surface area contributed by atoms with Crippen LogP contribution in [-0.2, 0) is 0 Å². The van der Waals surface area contributed by atoms with Crippen molar-refractivity contribution in [2.75, 3.05) is 0 Å². The first-order valence-corrected chi connectivity index (χ1v) is 9.02. The van der Waals surface area contributed by atoms with Crippen LogP contribution in [-0.4, -0.2) is 10.9 Å².